The topological polar surface area (TPSA) is 124 Å². The van der Waals surface area contributed by atoms with Crippen molar-refractivity contribution >= 4 is 23.4 Å². The molecule has 1 atom stereocenters. The third kappa shape index (κ3) is 4.13. The smallest absolute Gasteiger partial charge is 0.247 e. The third-order valence-electron chi connectivity index (χ3n) is 6.32. The molecule has 178 valence electrons. The zero-order valence-corrected chi connectivity index (χ0v) is 19.1. The van der Waals surface area contributed by atoms with Crippen LogP contribution in [0.2, 0.25) is 0 Å². The van der Waals surface area contributed by atoms with E-state index in [1.165, 1.54) is 18.3 Å². The van der Waals surface area contributed by atoms with E-state index in [1.807, 2.05) is 6.07 Å². The highest BCUT2D eigenvalue weighted by molar-refractivity contribution is 5.96. The first kappa shape index (κ1) is 22.1. The van der Waals surface area contributed by atoms with Gasteiger partial charge in [0.25, 0.3) is 0 Å². The molecule has 3 N–H and O–H groups in total. The lowest BCUT2D eigenvalue weighted by atomic mass is 10.1. The average Bonchev–Trinajstić information content (AvgIpc) is 3.57. The van der Waals surface area contributed by atoms with Crippen LogP contribution >= 0.6 is 0 Å². The normalized spacial score (nSPS) is 18.1. The van der Waals surface area contributed by atoms with E-state index in [-0.39, 0.29) is 17.8 Å². The number of amides is 1. The Morgan fingerprint density at radius 2 is 2.18 bits per heavy atom. The zero-order chi connectivity index (χ0) is 23.8. The van der Waals surface area contributed by atoms with Crippen molar-refractivity contribution in [3.8, 4) is 0 Å². The number of nitrogens with one attached hydrogen (secondary N) is 2. The van der Waals surface area contributed by atoms with Gasteiger partial charge in [-0.05, 0) is 50.2 Å². The molecule has 34 heavy (non-hydrogen) atoms. The second-order valence-electron chi connectivity index (χ2n) is 8.98. The predicted octanol–water partition coefficient (Wildman–Crippen LogP) is 2.83. The standard InChI is InChI=1S/C23H27FN8O2/c1-13(2)17-11-20(30-29-17)28-21-15-5-3-6-16(15)27-23(32(21)34)31-10-4-7-18(31)22(33)26-14-8-9-19(24)25-12-14/h8-9,11-13,18,34H,3-7,10H2,1-2H3,(H,26,33)(H,29,30)/t18-/m0/s1. The largest absolute Gasteiger partial charge is 0.423 e. The summed E-state index contributed by atoms with van der Waals surface area (Å²) < 4.78 is 14.1. The minimum Gasteiger partial charge on any atom is -0.423 e. The lowest BCUT2D eigenvalue weighted by molar-refractivity contribution is -0.117. The van der Waals surface area contributed by atoms with Crippen LogP contribution in [0.4, 0.5) is 21.8 Å². The van der Waals surface area contributed by atoms with Crippen LogP contribution in [0.1, 0.15) is 56.0 Å². The number of pyridine rings is 1. The van der Waals surface area contributed by atoms with Gasteiger partial charge < -0.3 is 15.4 Å². The first-order valence-corrected chi connectivity index (χ1v) is 11.5. The Labute approximate surface area is 195 Å². The van der Waals surface area contributed by atoms with Gasteiger partial charge in [0.05, 0.1) is 17.6 Å². The van der Waals surface area contributed by atoms with Gasteiger partial charge in [-0.2, -0.15) is 9.49 Å². The number of fused-ring (bicyclic) bond motifs is 1. The number of halogens is 1. The molecule has 2 aliphatic rings. The van der Waals surface area contributed by atoms with Crippen molar-refractivity contribution in [2.45, 2.75) is 57.9 Å². The van der Waals surface area contributed by atoms with Gasteiger partial charge in [0, 0.05) is 23.9 Å². The number of aryl methyl sites for hydroxylation is 1. The van der Waals surface area contributed by atoms with E-state index < -0.39 is 12.0 Å². The van der Waals surface area contributed by atoms with Crippen molar-refractivity contribution in [1.29, 1.82) is 0 Å². The van der Waals surface area contributed by atoms with Gasteiger partial charge in [-0.3, -0.25) is 9.89 Å². The Morgan fingerprint density at radius 3 is 2.91 bits per heavy atom. The second-order valence-corrected chi connectivity index (χ2v) is 8.98. The third-order valence-corrected chi connectivity index (χ3v) is 6.32. The van der Waals surface area contributed by atoms with Gasteiger partial charge in [-0.1, -0.05) is 13.8 Å². The van der Waals surface area contributed by atoms with Gasteiger partial charge in [-0.15, -0.1) is 4.73 Å². The number of nitrogens with zero attached hydrogens (tertiary/aromatic N) is 6. The fraction of sp³-hybridized carbons (Fsp3) is 0.435. The number of hydrogen-bond donors (Lipinski definition) is 3. The molecule has 1 fully saturated rings. The van der Waals surface area contributed by atoms with Gasteiger partial charge in [0.1, 0.15) is 6.04 Å². The van der Waals surface area contributed by atoms with E-state index in [4.69, 9.17) is 4.98 Å². The number of rotatable bonds is 5. The summed E-state index contributed by atoms with van der Waals surface area (Å²) in [6.45, 7) is 4.68. The van der Waals surface area contributed by atoms with Crippen molar-refractivity contribution in [1.82, 2.24) is 24.9 Å². The fourth-order valence-electron chi connectivity index (χ4n) is 4.52. The molecule has 0 bridgehead atoms. The Kier molecular flexibility index (Phi) is 5.76. The Hall–Kier alpha value is -3.76. The molecule has 3 aromatic rings. The van der Waals surface area contributed by atoms with Crippen LogP contribution in [0, 0.1) is 5.95 Å². The summed E-state index contributed by atoms with van der Waals surface area (Å²) >= 11 is 0. The van der Waals surface area contributed by atoms with Crippen molar-refractivity contribution < 1.29 is 14.4 Å². The molecule has 11 heteroatoms. The summed E-state index contributed by atoms with van der Waals surface area (Å²) in [6, 6.07) is 3.99. The van der Waals surface area contributed by atoms with Gasteiger partial charge in [-0.25, -0.2) is 15.0 Å². The molecule has 1 amide bonds. The molecule has 0 aromatic carbocycles. The minimum absolute atomic E-state index is 0.263. The first-order valence-electron chi connectivity index (χ1n) is 11.5. The van der Waals surface area contributed by atoms with Gasteiger partial charge in [0.2, 0.25) is 17.8 Å². The van der Waals surface area contributed by atoms with E-state index in [2.05, 4.69) is 39.3 Å². The second kappa shape index (κ2) is 8.88. The number of carbonyl (C=O) groups excluding carboxylic acids is 1. The highest BCUT2D eigenvalue weighted by Crippen LogP contribution is 2.27. The molecule has 1 aliphatic carbocycles. The fourth-order valence-corrected chi connectivity index (χ4v) is 4.52. The molecular weight excluding hydrogens is 439 g/mol. The molecule has 0 saturated carbocycles. The molecule has 0 spiro atoms. The van der Waals surface area contributed by atoms with Crippen LogP contribution in [0.15, 0.2) is 29.4 Å². The number of anilines is 2. The molecular formula is C23H27FN8O2. The van der Waals surface area contributed by atoms with Crippen LogP contribution in [0.3, 0.4) is 0 Å². The number of carbonyl (C=O) groups is 1. The Bertz CT molecular complexity index is 1280. The highest BCUT2D eigenvalue weighted by Gasteiger charge is 2.35. The summed E-state index contributed by atoms with van der Waals surface area (Å²) in [6.07, 6.45) is 5.12. The lowest BCUT2D eigenvalue weighted by Crippen LogP contribution is -2.43. The number of hydrogen-bond acceptors (Lipinski definition) is 7. The zero-order valence-electron chi connectivity index (χ0n) is 19.1. The maximum atomic E-state index is 13.1. The van der Waals surface area contributed by atoms with E-state index in [0.29, 0.717) is 30.0 Å². The summed E-state index contributed by atoms with van der Waals surface area (Å²) in [5.41, 5.74) is 3.55. The molecule has 0 unspecified atom stereocenters. The minimum atomic E-state index is -0.613. The summed E-state index contributed by atoms with van der Waals surface area (Å²) in [5, 5.41) is 21.3. The molecule has 0 radical (unpaired) electrons. The van der Waals surface area contributed by atoms with E-state index in [9.17, 15) is 14.4 Å². The van der Waals surface area contributed by atoms with Crippen molar-refractivity contribution in [2.24, 2.45) is 4.99 Å². The molecule has 10 nitrogen and oxygen atoms in total. The summed E-state index contributed by atoms with van der Waals surface area (Å²) in [5.74, 6) is 0.168. The quantitative estimate of drug-likeness (QED) is 0.392. The maximum Gasteiger partial charge on any atom is 0.247 e. The van der Waals surface area contributed by atoms with E-state index >= 15 is 0 Å². The van der Waals surface area contributed by atoms with E-state index in [0.717, 1.165) is 47.4 Å². The number of aromatic amines is 1. The van der Waals surface area contributed by atoms with Crippen LogP contribution in [-0.4, -0.2) is 48.6 Å². The van der Waals surface area contributed by atoms with Crippen molar-refractivity contribution in [3.63, 3.8) is 0 Å². The maximum absolute atomic E-state index is 13.1. The molecule has 1 saturated heterocycles. The summed E-state index contributed by atoms with van der Waals surface area (Å²) in [7, 11) is 0. The summed E-state index contributed by atoms with van der Waals surface area (Å²) in [4.78, 5) is 27.8. The molecule has 1 aliphatic heterocycles. The van der Waals surface area contributed by atoms with Crippen LogP contribution in [0.5, 0.6) is 0 Å². The molecule has 3 aromatic heterocycles. The number of H-pyrrole nitrogens is 1. The highest BCUT2D eigenvalue weighted by atomic mass is 19.1. The Balaban J connectivity index is 1.50. The molecule has 5 rings (SSSR count). The van der Waals surface area contributed by atoms with Crippen molar-refractivity contribution in [3.05, 3.63) is 52.8 Å². The SMILES string of the molecule is CC(C)c1cc(N=c2c3c(nc(N4CCC[C@H]4C(=O)Nc4ccc(F)nc4)n2O)CCC3)n[nH]1. The monoisotopic (exact) mass is 466 g/mol. The van der Waals surface area contributed by atoms with E-state index in [1.54, 1.807) is 4.90 Å². The Morgan fingerprint density at radius 1 is 1.32 bits per heavy atom. The van der Waals surface area contributed by atoms with Crippen LogP contribution in [-0.2, 0) is 17.6 Å². The predicted molar refractivity (Wildman–Crippen MR) is 123 cm³/mol. The van der Waals surface area contributed by atoms with Gasteiger partial charge in [0.15, 0.2) is 11.3 Å². The average molecular weight is 467 g/mol. The van der Waals surface area contributed by atoms with Crippen LogP contribution < -0.4 is 15.7 Å². The van der Waals surface area contributed by atoms with Crippen molar-refractivity contribution in [2.75, 3.05) is 16.8 Å². The number of aromatic nitrogens is 5. The first-order chi connectivity index (χ1) is 16.4. The van der Waals surface area contributed by atoms with Gasteiger partial charge >= 0.3 is 0 Å². The van der Waals surface area contributed by atoms with Crippen LogP contribution in [0.25, 0.3) is 0 Å². The lowest BCUT2D eigenvalue weighted by Gasteiger charge is -2.26. The molecule has 4 heterocycles.